The number of primary amides is 1. The van der Waals surface area contributed by atoms with Crippen molar-refractivity contribution >= 4 is 53.0 Å². The van der Waals surface area contributed by atoms with Crippen LogP contribution in [0.15, 0.2) is 60.7 Å². The van der Waals surface area contributed by atoms with Crippen molar-refractivity contribution in [3.05, 3.63) is 71.8 Å². The number of hydrogen-bond acceptors (Lipinski definition) is 9. The number of aliphatic hydroxyl groups is 1. The van der Waals surface area contributed by atoms with Crippen molar-refractivity contribution in [3.8, 4) is 0 Å². The van der Waals surface area contributed by atoms with E-state index < -0.39 is 36.0 Å². The molecule has 16 heteroatoms. The lowest BCUT2D eigenvalue weighted by Crippen LogP contribution is -2.54. The SMILES string of the molecule is CC(C)C(NC(=O)CCCCCN1C(=O)C=CC1=O)C(=O)NC(CCCNC(N)=O)C(=O)Nc1ccc(COC(=O)Nc2ccc(CO)cc2)cc1. The van der Waals surface area contributed by atoms with Crippen LogP contribution in [-0.4, -0.2) is 76.8 Å². The molecule has 52 heavy (non-hydrogen) atoms. The van der Waals surface area contributed by atoms with Crippen LogP contribution in [0.3, 0.4) is 0 Å². The maximum atomic E-state index is 13.4. The molecule has 16 nitrogen and oxygen atoms in total. The van der Waals surface area contributed by atoms with Crippen molar-refractivity contribution in [1.29, 1.82) is 0 Å². The smallest absolute Gasteiger partial charge is 0.411 e. The number of imide groups is 1. The highest BCUT2D eigenvalue weighted by atomic mass is 16.5. The third-order valence-corrected chi connectivity index (χ3v) is 8.03. The predicted molar refractivity (Wildman–Crippen MR) is 191 cm³/mol. The number of ether oxygens (including phenoxy) is 1. The van der Waals surface area contributed by atoms with Crippen molar-refractivity contribution in [2.75, 3.05) is 23.7 Å². The summed E-state index contributed by atoms with van der Waals surface area (Å²) in [5.74, 6) is -2.45. The Morgan fingerprint density at radius 3 is 2.00 bits per heavy atom. The minimum absolute atomic E-state index is 0.0407. The first-order valence-electron chi connectivity index (χ1n) is 17.1. The highest BCUT2D eigenvalue weighted by Crippen LogP contribution is 2.15. The van der Waals surface area contributed by atoms with E-state index in [1.54, 1.807) is 62.4 Å². The highest BCUT2D eigenvalue weighted by molar-refractivity contribution is 6.12. The standard InChI is InChI=1S/C36H47N7O9/c1-23(2)32(42-29(45)8-4-3-5-20-43-30(46)17-18-31(43)47)34(49)41-28(7-6-19-38-35(37)50)33(48)39-26-15-11-25(12-16-26)22-52-36(51)40-27-13-9-24(21-44)10-14-27/h9-18,23,28,32,44H,3-8,19-22H2,1-2H3,(H,39,48)(H,40,51)(H,41,49)(H,42,45)(H3,37,38,50). The average Bonchev–Trinajstić information content (AvgIpc) is 3.43. The van der Waals surface area contributed by atoms with Crippen LogP contribution in [-0.2, 0) is 41.9 Å². The average molecular weight is 722 g/mol. The van der Waals surface area contributed by atoms with Gasteiger partial charge in [0.25, 0.3) is 11.8 Å². The first-order chi connectivity index (χ1) is 24.9. The van der Waals surface area contributed by atoms with Gasteiger partial charge in [-0.3, -0.25) is 34.2 Å². The Morgan fingerprint density at radius 1 is 0.788 bits per heavy atom. The number of carbonyl (C=O) groups is 7. The number of carbonyl (C=O) groups excluding carboxylic acids is 7. The van der Waals surface area contributed by atoms with Gasteiger partial charge in [-0.25, -0.2) is 9.59 Å². The highest BCUT2D eigenvalue weighted by Gasteiger charge is 2.29. The fourth-order valence-corrected chi connectivity index (χ4v) is 5.12. The summed E-state index contributed by atoms with van der Waals surface area (Å²) in [5, 5.41) is 22.4. The summed E-state index contributed by atoms with van der Waals surface area (Å²) >= 11 is 0. The molecule has 0 bridgehead atoms. The van der Waals surface area contributed by atoms with E-state index in [2.05, 4.69) is 26.6 Å². The normalized spacial score (nSPS) is 13.3. The van der Waals surface area contributed by atoms with E-state index in [1.807, 2.05) is 0 Å². The fourth-order valence-electron chi connectivity index (χ4n) is 5.12. The van der Waals surface area contributed by atoms with Gasteiger partial charge in [-0.1, -0.05) is 44.5 Å². The van der Waals surface area contributed by atoms with E-state index in [0.29, 0.717) is 48.2 Å². The minimum Gasteiger partial charge on any atom is -0.444 e. The lowest BCUT2D eigenvalue weighted by molar-refractivity contribution is -0.137. The maximum Gasteiger partial charge on any atom is 0.411 e. The van der Waals surface area contributed by atoms with Crippen molar-refractivity contribution in [2.45, 2.75) is 77.7 Å². The Bertz CT molecular complexity index is 1580. The minimum atomic E-state index is -1.02. The van der Waals surface area contributed by atoms with Crippen LogP contribution in [0.2, 0.25) is 0 Å². The van der Waals surface area contributed by atoms with Crippen LogP contribution in [0.25, 0.3) is 0 Å². The lowest BCUT2D eigenvalue weighted by atomic mass is 10.0. The zero-order chi connectivity index (χ0) is 38.0. The molecule has 1 aliphatic heterocycles. The molecule has 2 aromatic rings. The Morgan fingerprint density at radius 2 is 1.40 bits per heavy atom. The van der Waals surface area contributed by atoms with E-state index in [-0.39, 0.29) is 62.8 Å². The van der Waals surface area contributed by atoms with Crippen LogP contribution in [0.1, 0.15) is 63.5 Å². The second kappa shape index (κ2) is 20.8. The van der Waals surface area contributed by atoms with Crippen molar-refractivity contribution in [3.63, 3.8) is 0 Å². The number of urea groups is 1. The maximum absolute atomic E-state index is 13.4. The number of unbranched alkanes of at least 4 members (excludes halogenated alkanes) is 2. The number of aliphatic hydroxyl groups excluding tert-OH is 1. The van der Waals surface area contributed by atoms with Crippen LogP contribution in [0.4, 0.5) is 21.0 Å². The molecule has 1 heterocycles. The summed E-state index contributed by atoms with van der Waals surface area (Å²) in [7, 11) is 0. The molecule has 2 atom stereocenters. The number of hydrogen-bond donors (Lipinski definition) is 7. The zero-order valence-corrected chi connectivity index (χ0v) is 29.3. The number of nitrogens with two attached hydrogens (primary N) is 1. The summed E-state index contributed by atoms with van der Waals surface area (Å²) < 4.78 is 5.26. The molecular weight excluding hydrogens is 674 g/mol. The Balaban J connectivity index is 1.51. The molecule has 0 spiro atoms. The first kappa shape index (κ1) is 40.7. The van der Waals surface area contributed by atoms with Crippen LogP contribution in [0, 0.1) is 5.92 Å². The van der Waals surface area contributed by atoms with Gasteiger partial charge < -0.3 is 36.8 Å². The second-order valence-electron chi connectivity index (χ2n) is 12.5. The topological polar surface area (TPSA) is 238 Å². The quantitative estimate of drug-likeness (QED) is 0.0784. The van der Waals surface area contributed by atoms with Crippen LogP contribution in [0.5, 0.6) is 0 Å². The molecule has 0 radical (unpaired) electrons. The fraction of sp³-hybridized carbons (Fsp3) is 0.417. The monoisotopic (exact) mass is 721 g/mol. The second-order valence-corrected chi connectivity index (χ2v) is 12.5. The summed E-state index contributed by atoms with van der Waals surface area (Å²) in [6.45, 7) is 3.81. The third-order valence-electron chi connectivity index (χ3n) is 8.03. The summed E-state index contributed by atoms with van der Waals surface area (Å²) in [6.07, 6.45) is 3.99. The van der Waals surface area contributed by atoms with E-state index in [9.17, 15) is 33.6 Å². The Labute approximate surface area is 301 Å². The molecule has 0 aromatic heterocycles. The van der Waals surface area contributed by atoms with Gasteiger partial charge >= 0.3 is 12.1 Å². The molecule has 8 N–H and O–H groups in total. The lowest BCUT2D eigenvalue weighted by Gasteiger charge is -2.25. The molecule has 3 rings (SSSR count). The first-order valence-corrected chi connectivity index (χ1v) is 17.1. The van der Waals surface area contributed by atoms with E-state index >= 15 is 0 Å². The zero-order valence-electron chi connectivity index (χ0n) is 29.3. The van der Waals surface area contributed by atoms with E-state index in [4.69, 9.17) is 15.6 Å². The van der Waals surface area contributed by atoms with Crippen molar-refractivity contribution < 1.29 is 43.4 Å². The van der Waals surface area contributed by atoms with E-state index in [1.165, 1.54) is 12.2 Å². The number of anilines is 2. The van der Waals surface area contributed by atoms with Gasteiger partial charge in [0, 0.05) is 43.0 Å². The largest absolute Gasteiger partial charge is 0.444 e. The summed E-state index contributed by atoms with van der Waals surface area (Å²) in [6, 6.07) is 10.5. The van der Waals surface area contributed by atoms with Gasteiger partial charge in [-0.05, 0) is 67.0 Å². The van der Waals surface area contributed by atoms with Gasteiger partial charge in [0.05, 0.1) is 6.61 Å². The van der Waals surface area contributed by atoms with Gasteiger partial charge in [0.15, 0.2) is 0 Å². The molecule has 2 aromatic carbocycles. The number of nitrogens with one attached hydrogen (secondary N) is 5. The Hall–Kier alpha value is -5.77. The molecule has 2 unspecified atom stereocenters. The van der Waals surface area contributed by atoms with Gasteiger partial charge in [-0.2, -0.15) is 0 Å². The molecule has 1 aliphatic rings. The summed E-state index contributed by atoms with van der Waals surface area (Å²) in [4.78, 5) is 87.3. The van der Waals surface area contributed by atoms with Crippen molar-refractivity contribution in [1.82, 2.24) is 20.9 Å². The number of amides is 8. The van der Waals surface area contributed by atoms with Crippen LogP contribution >= 0.6 is 0 Å². The van der Waals surface area contributed by atoms with Crippen molar-refractivity contribution in [2.24, 2.45) is 11.7 Å². The molecule has 0 fully saturated rings. The summed E-state index contributed by atoms with van der Waals surface area (Å²) in [5.41, 5.74) is 7.42. The van der Waals surface area contributed by atoms with Gasteiger partial charge in [0.2, 0.25) is 17.7 Å². The molecule has 0 saturated carbocycles. The van der Waals surface area contributed by atoms with Crippen LogP contribution < -0.4 is 32.3 Å². The van der Waals surface area contributed by atoms with Gasteiger partial charge in [0.1, 0.15) is 18.7 Å². The Kier molecular flexibility index (Phi) is 16.3. The molecule has 0 saturated heterocycles. The molecule has 0 aliphatic carbocycles. The molecule has 8 amide bonds. The number of rotatable bonds is 20. The number of nitrogens with zero attached hydrogens (tertiary/aromatic N) is 1. The van der Waals surface area contributed by atoms with Gasteiger partial charge in [-0.15, -0.1) is 0 Å². The van der Waals surface area contributed by atoms with E-state index in [0.717, 1.165) is 4.90 Å². The molecular formula is C36H47N7O9. The predicted octanol–water partition coefficient (Wildman–Crippen LogP) is 2.43. The third kappa shape index (κ3) is 13.9. The number of benzene rings is 2. The molecule has 280 valence electrons.